The lowest BCUT2D eigenvalue weighted by atomic mass is 10.1. The van der Waals surface area contributed by atoms with Gasteiger partial charge in [-0.1, -0.05) is 0 Å². The number of fused-ring (bicyclic) bond motifs is 1. The van der Waals surface area contributed by atoms with Crippen molar-refractivity contribution < 1.29 is 9.84 Å². The second kappa shape index (κ2) is 11.9. The Morgan fingerprint density at radius 3 is 2.65 bits per heavy atom. The molecule has 23 heavy (non-hydrogen) atoms. The number of hydrogen-bond acceptors (Lipinski definition) is 5. The summed E-state index contributed by atoms with van der Waals surface area (Å²) in [6.45, 7) is 2.79. The molecule has 0 saturated carbocycles. The van der Waals surface area contributed by atoms with Gasteiger partial charge < -0.3 is 20.9 Å². The minimum absolute atomic E-state index is 0. The van der Waals surface area contributed by atoms with Gasteiger partial charge in [0.1, 0.15) is 0 Å². The van der Waals surface area contributed by atoms with Gasteiger partial charge in [0.25, 0.3) is 0 Å². The van der Waals surface area contributed by atoms with Crippen LogP contribution in [0.15, 0.2) is 24.4 Å². The van der Waals surface area contributed by atoms with Crippen molar-refractivity contribution in [3.8, 4) is 11.5 Å². The van der Waals surface area contributed by atoms with Crippen LogP contribution in [-0.2, 0) is 0 Å². The minimum atomic E-state index is 0. The number of nitrogens with zero attached hydrogens (tertiary/aromatic N) is 1. The zero-order valence-electron chi connectivity index (χ0n) is 13.1. The third-order valence-electron chi connectivity index (χ3n) is 3.29. The van der Waals surface area contributed by atoms with E-state index >= 15 is 0 Å². The van der Waals surface area contributed by atoms with E-state index in [0.29, 0.717) is 17.7 Å². The summed E-state index contributed by atoms with van der Waals surface area (Å²) in [5, 5.41) is 14.2. The number of ether oxygens (including phenoxy) is 1. The van der Waals surface area contributed by atoms with Crippen LogP contribution < -0.4 is 15.8 Å². The first kappa shape index (κ1) is 24.7. The van der Waals surface area contributed by atoms with Crippen molar-refractivity contribution in [2.45, 2.75) is 25.8 Å². The number of nitrogens with one attached hydrogen (secondary N) is 1. The van der Waals surface area contributed by atoms with E-state index in [4.69, 9.17) is 10.5 Å². The molecule has 1 aromatic heterocycles. The molecule has 0 aliphatic rings. The van der Waals surface area contributed by atoms with Gasteiger partial charge in [0.2, 0.25) is 0 Å². The number of nitrogens with two attached hydrogens (primary N) is 1. The van der Waals surface area contributed by atoms with E-state index < -0.39 is 0 Å². The van der Waals surface area contributed by atoms with Gasteiger partial charge in [-0.2, -0.15) is 0 Å². The molecule has 0 aliphatic carbocycles. The van der Waals surface area contributed by atoms with Gasteiger partial charge in [-0.3, -0.25) is 4.98 Å². The summed E-state index contributed by atoms with van der Waals surface area (Å²) in [4.78, 5) is 4.35. The number of hydrogen-bond donors (Lipinski definition) is 3. The van der Waals surface area contributed by atoms with Crippen molar-refractivity contribution >= 4 is 67.5 Å². The van der Waals surface area contributed by atoms with Crippen molar-refractivity contribution in [2.75, 3.05) is 19.0 Å². The highest BCUT2D eigenvalue weighted by Gasteiger charge is 2.14. The summed E-state index contributed by atoms with van der Waals surface area (Å²) in [6, 6.07) is 5.68. The van der Waals surface area contributed by atoms with Crippen molar-refractivity contribution in [2.24, 2.45) is 5.73 Å². The van der Waals surface area contributed by atoms with Crippen LogP contribution in [0.1, 0.15) is 19.8 Å². The Balaban J connectivity index is 0. The number of phenols is 1. The van der Waals surface area contributed by atoms with E-state index in [-0.39, 0.29) is 62.7 Å². The number of pyridine rings is 1. The lowest BCUT2D eigenvalue weighted by Crippen LogP contribution is -2.17. The molecule has 1 atom stereocenters. The van der Waals surface area contributed by atoms with Crippen LogP contribution in [0.5, 0.6) is 11.5 Å². The van der Waals surface area contributed by atoms with Crippen LogP contribution in [-0.4, -0.2) is 29.8 Å². The van der Waals surface area contributed by atoms with Gasteiger partial charge in [-0.05, 0) is 38.4 Å². The molecule has 0 amide bonds. The summed E-state index contributed by atoms with van der Waals surface area (Å²) in [6.07, 6.45) is 3.66. The van der Waals surface area contributed by atoms with E-state index in [1.54, 1.807) is 25.4 Å². The highest BCUT2D eigenvalue weighted by molar-refractivity contribution is 8.93. The average Bonchev–Trinajstić information content (AvgIpc) is 2.48. The summed E-state index contributed by atoms with van der Waals surface area (Å²) in [5.74, 6) is 0.565. The maximum atomic E-state index is 10.1. The molecule has 5 nitrogen and oxygen atoms in total. The smallest absolute Gasteiger partial charge is 0.167 e. The molecule has 0 spiro atoms. The Hall–Kier alpha value is -0.570. The molecule has 0 bridgehead atoms. The van der Waals surface area contributed by atoms with Gasteiger partial charge in [0, 0.05) is 23.7 Å². The average molecular weight is 518 g/mol. The van der Waals surface area contributed by atoms with E-state index in [1.165, 1.54) is 0 Å². The largest absolute Gasteiger partial charge is 0.504 e. The monoisotopic (exact) mass is 515 g/mol. The van der Waals surface area contributed by atoms with E-state index in [1.807, 2.05) is 6.07 Å². The van der Waals surface area contributed by atoms with E-state index in [9.17, 15) is 5.11 Å². The number of anilines is 1. The van der Waals surface area contributed by atoms with Crippen LogP contribution in [0.25, 0.3) is 10.9 Å². The van der Waals surface area contributed by atoms with Crippen LogP contribution in [0.3, 0.4) is 0 Å². The highest BCUT2D eigenvalue weighted by Crippen LogP contribution is 2.38. The Labute approximate surface area is 168 Å². The fourth-order valence-corrected chi connectivity index (χ4v) is 2.24. The molecule has 0 aliphatic heterocycles. The predicted octanol–water partition coefficient (Wildman–Crippen LogP) is 4.22. The van der Waals surface area contributed by atoms with Gasteiger partial charge in [0.05, 0.1) is 18.3 Å². The third-order valence-corrected chi connectivity index (χ3v) is 3.29. The molecule has 0 fully saturated rings. The van der Waals surface area contributed by atoms with E-state index in [0.717, 1.165) is 24.0 Å². The molecule has 132 valence electrons. The van der Waals surface area contributed by atoms with Crippen molar-refractivity contribution in [1.29, 1.82) is 0 Å². The molecule has 8 heteroatoms. The van der Waals surface area contributed by atoms with Crippen LogP contribution in [0.4, 0.5) is 5.69 Å². The normalized spacial score (nSPS) is 10.7. The molecule has 1 heterocycles. The standard InChI is InChI=1S/C15H21N3O2.3BrH/c1-10(5-3-7-16)18-12-9-13(20-2)15(19)11-6-4-8-17-14(11)12;;;/h4,6,8-10,18-19H,3,5,7,16H2,1-2H3;3*1H. The van der Waals surface area contributed by atoms with Gasteiger partial charge in [-0.15, -0.1) is 50.9 Å². The van der Waals surface area contributed by atoms with Crippen LogP contribution in [0, 0.1) is 0 Å². The Morgan fingerprint density at radius 1 is 1.35 bits per heavy atom. The maximum absolute atomic E-state index is 10.1. The SMILES string of the molecule is Br.Br.Br.COc1cc(NC(C)CCCN)c2ncccc2c1O. The highest BCUT2D eigenvalue weighted by atomic mass is 79.9. The molecular formula is C15H24Br3N3O2. The summed E-state index contributed by atoms with van der Waals surface area (Å²) >= 11 is 0. The minimum Gasteiger partial charge on any atom is -0.504 e. The van der Waals surface area contributed by atoms with Gasteiger partial charge in [-0.25, -0.2) is 0 Å². The number of aromatic nitrogens is 1. The topological polar surface area (TPSA) is 80.4 Å². The second-order valence-corrected chi connectivity index (χ2v) is 4.85. The molecule has 1 aromatic carbocycles. The Bertz CT molecular complexity index is 599. The van der Waals surface area contributed by atoms with Gasteiger partial charge in [0.15, 0.2) is 11.5 Å². The summed E-state index contributed by atoms with van der Waals surface area (Å²) < 4.78 is 5.22. The molecule has 0 radical (unpaired) electrons. The molecule has 0 saturated heterocycles. The van der Waals surface area contributed by atoms with E-state index in [2.05, 4.69) is 17.2 Å². The lowest BCUT2D eigenvalue weighted by molar-refractivity contribution is 0.376. The van der Waals surface area contributed by atoms with Crippen LogP contribution in [0.2, 0.25) is 0 Å². The fraction of sp³-hybridized carbons (Fsp3) is 0.400. The first-order chi connectivity index (χ1) is 9.67. The number of benzene rings is 1. The molecule has 2 rings (SSSR count). The molecule has 4 N–H and O–H groups in total. The number of methoxy groups -OCH3 is 1. The number of halogens is 3. The zero-order chi connectivity index (χ0) is 14.5. The Kier molecular flexibility index (Phi) is 12.8. The molecule has 1 unspecified atom stereocenters. The zero-order valence-corrected chi connectivity index (χ0v) is 18.3. The summed E-state index contributed by atoms with van der Waals surface area (Å²) in [7, 11) is 1.54. The summed E-state index contributed by atoms with van der Waals surface area (Å²) in [5.41, 5.74) is 7.14. The first-order valence-electron chi connectivity index (χ1n) is 6.78. The first-order valence-corrected chi connectivity index (χ1v) is 6.78. The number of phenolic OH excluding ortho intramolecular Hbond substituents is 1. The Morgan fingerprint density at radius 2 is 2.04 bits per heavy atom. The predicted molar refractivity (Wildman–Crippen MR) is 112 cm³/mol. The third kappa shape index (κ3) is 6.10. The van der Waals surface area contributed by atoms with Crippen LogP contribution >= 0.6 is 50.9 Å². The van der Waals surface area contributed by atoms with Gasteiger partial charge >= 0.3 is 0 Å². The number of aromatic hydroxyl groups is 1. The lowest BCUT2D eigenvalue weighted by Gasteiger charge is -2.18. The maximum Gasteiger partial charge on any atom is 0.167 e. The molecular weight excluding hydrogens is 494 g/mol. The quantitative estimate of drug-likeness (QED) is 0.500. The second-order valence-electron chi connectivity index (χ2n) is 4.85. The van der Waals surface area contributed by atoms with Crippen molar-refractivity contribution in [3.05, 3.63) is 24.4 Å². The van der Waals surface area contributed by atoms with Crippen molar-refractivity contribution in [3.63, 3.8) is 0 Å². The number of rotatable bonds is 6. The van der Waals surface area contributed by atoms with Crippen molar-refractivity contribution in [1.82, 2.24) is 4.98 Å². The molecule has 2 aromatic rings. The fourth-order valence-electron chi connectivity index (χ4n) is 2.24.